The number of likely N-dealkylation sites (tertiary alicyclic amines) is 1. The number of nitrogens with two attached hydrogens (primary N) is 1. The number of halogens is 3. The molecule has 0 saturated carbocycles. The first-order valence-corrected chi connectivity index (χ1v) is 6.03. The van der Waals surface area contributed by atoms with E-state index in [9.17, 15) is 18.0 Å². The maximum Gasteiger partial charge on any atom is 0.471 e. The third-order valence-corrected chi connectivity index (χ3v) is 3.40. The van der Waals surface area contributed by atoms with E-state index in [0.29, 0.717) is 12.8 Å². The summed E-state index contributed by atoms with van der Waals surface area (Å²) in [4.78, 5) is 12.1. The number of benzene rings is 1. The molecule has 6 heteroatoms. The smallest absolute Gasteiger partial charge is 0.333 e. The van der Waals surface area contributed by atoms with Gasteiger partial charge in [0.25, 0.3) is 0 Å². The van der Waals surface area contributed by atoms with Crippen molar-refractivity contribution in [3.05, 3.63) is 35.9 Å². The Morgan fingerprint density at radius 1 is 1.26 bits per heavy atom. The molecule has 104 valence electrons. The van der Waals surface area contributed by atoms with Crippen LogP contribution < -0.4 is 5.73 Å². The molecule has 0 aromatic heterocycles. The molecule has 1 heterocycles. The van der Waals surface area contributed by atoms with Crippen LogP contribution in [-0.4, -0.2) is 30.1 Å². The number of hydrogen-bond donors (Lipinski definition) is 1. The molecule has 2 N–H and O–H groups in total. The fraction of sp³-hybridized carbons (Fsp3) is 0.462. The summed E-state index contributed by atoms with van der Waals surface area (Å²) in [6.07, 6.45) is -3.80. The maximum absolute atomic E-state index is 12.5. The largest absolute Gasteiger partial charge is 0.471 e. The molecule has 1 fully saturated rings. The van der Waals surface area contributed by atoms with Crippen LogP contribution in [0.4, 0.5) is 13.2 Å². The third-order valence-electron chi connectivity index (χ3n) is 3.40. The van der Waals surface area contributed by atoms with E-state index in [1.54, 1.807) is 24.3 Å². The molecule has 1 aliphatic heterocycles. The zero-order valence-electron chi connectivity index (χ0n) is 10.3. The van der Waals surface area contributed by atoms with Crippen molar-refractivity contribution in [1.29, 1.82) is 0 Å². The molecule has 2 rings (SSSR count). The fourth-order valence-corrected chi connectivity index (χ4v) is 2.44. The number of rotatable bonds is 1. The van der Waals surface area contributed by atoms with Crippen molar-refractivity contribution >= 4 is 5.91 Å². The Hall–Kier alpha value is -1.56. The van der Waals surface area contributed by atoms with Gasteiger partial charge in [-0.25, -0.2) is 0 Å². The van der Waals surface area contributed by atoms with Gasteiger partial charge >= 0.3 is 12.1 Å². The second kappa shape index (κ2) is 4.85. The van der Waals surface area contributed by atoms with E-state index >= 15 is 0 Å². The number of hydrogen-bond acceptors (Lipinski definition) is 2. The summed E-state index contributed by atoms with van der Waals surface area (Å²) in [5.41, 5.74) is 6.05. The van der Waals surface area contributed by atoms with Gasteiger partial charge in [0.2, 0.25) is 0 Å². The van der Waals surface area contributed by atoms with Crippen LogP contribution in [0.5, 0.6) is 0 Å². The third kappa shape index (κ3) is 2.89. The molecule has 1 aliphatic rings. The topological polar surface area (TPSA) is 46.3 Å². The SMILES string of the molecule is NC1(c2ccccc2)CCCN(C(=O)C(F)(F)F)C1. The molecule has 1 aromatic rings. The van der Waals surface area contributed by atoms with Crippen molar-refractivity contribution in [1.82, 2.24) is 4.90 Å². The van der Waals surface area contributed by atoms with Crippen molar-refractivity contribution in [3.63, 3.8) is 0 Å². The predicted molar refractivity (Wildman–Crippen MR) is 64.2 cm³/mol. The zero-order valence-corrected chi connectivity index (χ0v) is 10.3. The number of piperidine rings is 1. The average Bonchev–Trinajstić information content (AvgIpc) is 2.38. The van der Waals surface area contributed by atoms with Gasteiger partial charge in [-0.2, -0.15) is 13.2 Å². The quantitative estimate of drug-likeness (QED) is 0.850. The van der Waals surface area contributed by atoms with Gasteiger partial charge in [0.05, 0.1) is 5.54 Å². The molecule has 1 unspecified atom stereocenters. The lowest BCUT2D eigenvalue weighted by atomic mass is 9.83. The van der Waals surface area contributed by atoms with Gasteiger partial charge in [0.1, 0.15) is 0 Å². The number of carbonyl (C=O) groups is 1. The van der Waals surface area contributed by atoms with E-state index in [1.807, 2.05) is 6.07 Å². The van der Waals surface area contributed by atoms with Crippen LogP contribution in [0.25, 0.3) is 0 Å². The van der Waals surface area contributed by atoms with Crippen molar-refractivity contribution < 1.29 is 18.0 Å². The normalized spacial score (nSPS) is 24.3. The highest BCUT2D eigenvalue weighted by molar-refractivity contribution is 5.82. The first-order valence-electron chi connectivity index (χ1n) is 6.03. The second-order valence-electron chi connectivity index (χ2n) is 4.85. The second-order valence-corrected chi connectivity index (χ2v) is 4.85. The Kier molecular flexibility index (Phi) is 3.54. The molecule has 0 radical (unpaired) electrons. The minimum atomic E-state index is -4.84. The van der Waals surface area contributed by atoms with Crippen LogP contribution in [-0.2, 0) is 10.3 Å². The monoisotopic (exact) mass is 272 g/mol. The van der Waals surface area contributed by atoms with Gasteiger partial charge in [-0.05, 0) is 18.4 Å². The van der Waals surface area contributed by atoms with Crippen molar-refractivity contribution in [2.75, 3.05) is 13.1 Å². The number of carbonyl (C=O) groups excluding carboxylic acids is 1. The van der Waals surface area contributed by atoms with E-state index in [-0.39, 0.29) is 13.1 Å². The van der Waals surface area contributed by atoms with Crippen LogP contribution in [0.2, 0.25) is 0 Å². The van der Waals surface area contributed by atoms with Crippen LogP contribution in [0, 0.1) is 0 Å². The zero-order chi connectivity index (χ0) is 14.1. The van der Waals surface area contributed by atoms with Crippen molar-refractivity contribution in [2.45, 2.75) is 24.6 Å². The lowest BCUT2D eigenvalue weighted by Gasteiger charge is -2.40. The van der Waals surface area contributed by atoms with E-state index in [4.69, 9.17) is 5.73 Å². The molecule has 0 aliphatic carbocycles. The van der Waals surface area contributed by atoms with Crippen LogP contribution in [0.1, 0.15) is 18.4 Å². The number of alkyl halides is 3. The summed E-state index contributed by atoms with van der Waals surface area (Å²) in [5, 5.41) is 0. The molecular weight excluding hydrogens is 257 g/mol. The molecule has 0 bridgehead atoms. The lowest BCUT2D eigenvalue weighted by Crippen LogP contribution is -2.56. The van der Waals surface area contributed by atoms with Gasteiger partial charge in [-0.15, -0.1) is 0 Å². The molecular formula is C13H15F3N2O. The molecule has 1 amide bonds. The maximum atomic E-state index is 12.5. The molecule has 19 heavy (non-hydrogen) atoms. The highest BCUT2D eigenvalue weighted by atomic mass is 19.4. The number of nitrogens with zero attached hydrogens (tertiary/aromatic N) is 1. The summed E-state index contributed by atoms with van der Waals surface area (Å²) >= 11 is 0. The average molecular weight is 272 g/mol. The van der Waals surface area contributed by atoms with Crippen molar-refractivity contribution in [3.8, 4) is 0 Å². The first-order chi connectivity index (χ1) is 8.83. The Bertz CT molecular complexity index is 461. The molecule has 3 nitrogen and oxygen atoms in total. The van der Waals surface area contributed by atoms with Crippen molar-refractivity contribution in [2.24, 2.45) is 5.73 Å². The Balaban J connectivity index is 2.20. The summed E-state index contributed by atoms with van der Waals surface area (Å²) in [5.74, 6) is -1.81. The van der Waals surface area contributed by atoms with Gasteiger partial charge in [0, 0.05) is 13.1 Å². The number of amides is 1. The highest BCUT2D eigenvalue weighted by Crippen LogP contribution is 2.31. The first kappa shape index (κ1) is 13.9. The van der Waals surface area contributed by atoms with Gasteiger partial charge in [-0.3, -0.25) is 4.79 Å². The van der Waals surface area contributed by atoms with Gasteiger partial charge in [0.15, 0.2) is 0 Å². The summed E-state index contributed by atoms with van der Waals surface area (Å²) in [6, 6.07) is 8.94. The van der Waals surface area contributed by atoms with Crippen LogP contribution in [0.3, 0.4) is 0 Å². The molecule has 1 aromatic carbocycles. The molecule has 1 atom stereocenters. The Morgan fingerprint density at radius 3 is 2.47 bits per heavy atom. The van der Waals surface area contributed by atoms with E-state index in [2.05, 4.69) is 0 Å². The summed E-state index contributed by atoms with van der Waals surface area (Å²) in [7, 11) is 0. The standard InChI is InChI=1S/C13H15F3N2O/c14-13(15,16)11(19)18-8-4-7-12(17,9-18)10-5-2-1-3-6-10/h1-3,5-6H,4,7-9,17H2. The van der Waals surface area contributed by atoms with Gasteiger partial charge < -0.3 is 10.6 Å². The molecule has 1 saturated heterocycles. The summed E-state index contributed by atoms with van der Waals surface area (Å²) < 4.78 is 37.4. The van der Waals surface area contributed by atoms with E-state index < -0.39 is 17.6 Å². The van der Waals surface area contributed by atoms with Crippen LogP contribution >= 0.6 is 0 Å². The Morgan fingerprint density at radius 2 is 1.89 bits per heavy atom. The molecule has 0 spiro atoms. The minimum absolute atomic E-state index is 0.101. The van der Waals surface area contributed by atoms with Gasteiger partial charge in [-0.1, -0.05) is 30.3 Å². The fourth-order valence-electron chi connectivity index (χ4n) is 2.44. The highest BCUT2D eigenvalue weighted by Gasteiger charge is 2.46. The lowest BCUT2D eigenvalue weighted by molar-refractivity contribution is -0.187. The predicted octanol–water partition coefficient (Wildman–Crippen LogP) is 2.03. The Labute approximate surface area is 109 Å². The van der Waals surface area contributed by atoms with E-state index in [1.165, 1.54) is 0 Å². The minimum Gasteiger partial charge on any atom is -0.333 e. The summed E-state index contributed by atoms with van der Waals surface area (Å²) in [6.45, 7) is -0.000512. The van der Waals surface area contributed by atoms with Crippen LogP contribution in [0.15, 0.2) is 30.3 Å². The van der Waals surface area contributed by atoms with E-state index in [0.717, 1.165) is 10.5 Å².